The minimum atomic E-state index is -0.877. The van der Waals surface area contributed by atoms with Crippen LogP contribution in [0.2, 0.25) is 0 Å². The van der Waals surface area contributed by atoms with Crippen LogP contribution in [0.25, 0.3) is 11.8 Å². The van der Waals surface area contributed by atoms with E-state index in [1.165, 1.54) is 28.0 Å². The molecule has 1 aliphatic heterocycles. The van der Waals surface area contributed by atoms with Crippen LogP contribution in [0.15, 0.2) is 125 Å². The van der Waals surface area contributed by atoms with E-state index in [9.17, 15) is 14.0 Å². The van der Waals surface area contributed by atoms with Gasteiger partial charge in [-0.3, -0.25) is 9.36 Å². The Bertz CT molecular complexity index is 1980. The molecule has 0 fully saturated rings. The number of thiazole rings is 1. The van der Waals surface area contributed by atoms with Crippen molar-refractivity contribution in [3.63, 3.8) is 0 Å². The Balaban J connectivity index is 1.53. The molecule has 1 aromatic heterocycles. The molecule has 0 amide bonds. The topological polar surface area (TPSA) is 69.9 Å². The number of esters is 1. The highest BCUT2D eigenvalue weighted by atomic mass is 32.1. The molecule has 0 unspecified atom stereocenters. The largest absolute Gasteiger partial charge is 0.488 e. The molecule has 0 bridgehead atoms. The quantitative estimate of drug-likeness (QED) is 0.219. The van der Waals surface area contributed by atoms with E-state index >= 15 is 0 Å². The molecule has 6 nitrogen and oxygen atoms in total. The summed E-state index contributed by atoms with van der Waals surface area (Å²) in [7, 11) is 0. The number of benzene rings is 4. The second-order valence-electron chi connectivity index (χ2n) is 9.80. The molecule has 2 heterocycles. The van der Waals surface area contributed by atoms with Crippen LogP contribution in [0.1, 0.15) is 35.2 Å². The number of aromatic nitrogens is 1. The van der Waals surface area contributed by atoms with Gasteiger partial charge in [0.15, 0.2) is 4.80 Å². The van der Waals surface area contributed by atoms with Crippen molar-refractivity contribution in [1.29, 1.82) is 0 Å². The van der Waals surface area contributed by atoms with Crippen molar-refractivity contribution in [2.75, 3.05) is 6.61 Å². The summed E-state index contributed by atoms with van der Waals surface area (Å²) in [5, 5.41) is 0. The maximum absolute atomic E-state index is 14.1. The third-order valence-electron chi connectivity index (χ3n) is 7.00. The summed E-state index contributed by atoms with van der Waals surface area (Å²) in [5.74, 6) is -0.383. The van der Waals surface area contributed by atoms with Crippen LogP contribution >= 0.6 is 11.3 Å². The molecule has 43 heavy (non-hydrogen) atoms. The molecule has 6 rings (SSSR count). The second-order valence-corrected chi connectivity index (χ2v) is 10.8. The van der Waals surface area contributed by atoms with Gasteiger partial charge in [0.05, 0.1) is 28.5 Å². The molecule has 8 heteroatoms. The number of hydrogen-bond acceptors (Lipinski definition) is 6. The van der Waals surface area contributed by atoms with Crippen molar-refractivity contribution in [2.45, 2.75) is 19.6 Å². The summed E-state index contributed by atoms with van der Waals surface area (Å²) >= 11 is 1.22. The summed E-state index contributed by atoms with van der Waals surface area (Å²) in [6.07, 6.45) is 1.78. The average Bonchev–Trinajstić information content (AvgIpc) is 3.35. The summed E-state index contributed by atoms with van der Waals surface area (Å²) in [4.78, 5) is 32.9. The number of ether oxygens (including phenoxy) is 2. The van der Waals surface area contributed by atoms with E-state index in [2.05, 4.69) is 0 Å². The summed E-state index contributed by atoms with van der Waals surface area (Å²) < 4.78 is 27.5. The van der Waals surface area contributed by atoms with Gasteiger partial charge in [-0.05, 0) is 42.3 Å². The number of fused-ring (bicyclic) bond motifs is 1. The van der Waals surface area contributed by atoms with E-state index in [1.807, 2.05) is 84.9 Å². The summed E-state index contributed by atoms with van der Waals surface area (Å²) in [6.45, 7) is 2.24. The van der Waals surface area contributed by atoms with Crippen LogP contribution in [-0.4, -0.2) is 17.1 Å². The minimum absolute atomic E-state index is 0.144. The van der Waals surface area contributed by atoms with E-state index in [4.69, 9.17) is 14.5 Å². The predicted octanol–water partition coefficient (Wildman–Crippen LogP) is 5.65. The zero-order chi connectivity index (χ0) is 29.8. The highest BCUT2D eigenvalue weighted by Crippen LogP contribution is 2.35. The van der Waals surface area contributed by atoms with Crippen molar-refractivity contribution in [2.24, 2.45) is 4.99 Å². The fourth-order valence-electron chi connectivity index (χ4n) is 5.01. The highest BCUT2D eigenvalue weighted by molar-refractivity contribution is 7.07. The van der Waals surface area contributed by atoms with Gasteiger partial charge >= 0.3 is 5.97 Å². The standard InChI is InChI=1S/C35H27FN2O4S/c1-2-41-34(40)30-31(24-13-7-4-8-14-24)37-35-38(32(30)25-17-19-27(36)20-18-25)33(39)29(43-35)21-26-15-9-10-16-28(26)42-22-23-11-5-3-6-12-23/h3-21,32H,2,22H2,1H3/t32-/m1/s1. The number of nitrogens with zero attached hydrogens (tertiary/aromatic N) is 2. The molecule has 0 saturated carbocycles. The lowest BCUT2D eigenvalue weighted by molar-refractivity contribution is -0.138. The molecule has 0 aliphatic carbocycles. The zero-order valence-electron chi connectivity index (χ0n) is 23.3. The SMILES string of the molecule is CCOC(=O)C1=C(c2ccccc2)N=c2sc(=Cc3ccccc3OCc3ccccc3)c(=O)n2[C@@H]1c1ccc(F)cc1. The zero-order valence-corrected chi connectivity index (χ0v) is 24.1. The van der Waals surface area contributed by atoms with E-state index in [1.54, 1.807) is 25.1 Å². The number of hydrogen-bond donors (Lipinski definition) is 0. The predicted molar refractivity (Wildman–Crippen MR) is 165 cm³/mol. The van der Waals surface area contributed by atoms with Crippen LogP contribution < -0.4 is 19.6 Å². The first kappa shape index (κ1) is 28.1. The Hall–Kier alpha value is -5.08. The smallest absolute Gasteiger partial charge is 0.338 e. The van der Waals surface area contributed by atoms with Gasteiger partial charge < -0.3 is 9.47 Å². The van der Waals surface area contributed by atoms with Crippen molar-refractivity contribution in [1.82, 2.24) is 4.57 Å². The monoisotopic (exact) mass is 590 g/mol. The number of para-hydroxylation sites is 1. The first-order valence-electron chi connectivity index (χ1n) is 13.8. The van der Waals surface area contributed by atoms with Crippen molar-refractivity contribution >= 4 is 29.1 Å². The van der Waals surface area contributed by atoms with Gasteiger partial charge in [-0.1, -0.05) is 102 Å². The highest BCUT2D eigenvalue weighted by Gasteiger charge is 2.35. The lowest BCUT2D eigenvalue weighted by Gasteiger charge is -2.25. The lowest BCUT2D eigenvalue weighted by atomic mass is 9.93. The molecule has 1 atom stereocenters. The summed E-state index contributed by atoms with van der Waals surface area (Å²) in [5.41, 5.74) is 3.32. The van der Waals surface area contributed by atoms with E-state index in [0.717, 1.165) is 11.1 Å². The lowest BCUT2D eigenvalue weighted by Crippen LogP contribution is -2.40. The van der Waals surface area contributed by atoms with Crippen molar-refractivity contribution < 1.29 is 18.7 Å². The molecule has 0 N–H and O–H groups in total. The van der Waals surface area contributed by atoms with Gasteiger partial charge in [-0.15, -0.1) is 0 Å². The van der Waals surface area contributed by atoms with Crippen molar-refractivity contribution in [3.8, 4) is 5.75 Å². The molecule has 0 radical (unpaired) electrons. The fraction of sp³-hybridized carbons (Fsp3) is 0.114. The van der Waals surface area contributed by atoms with Gasteiger partial charge in [-0.2, -0.15) is 0 Å². The summed E-state index contributed by atoms with van der Waals surface area (Å²) in [6, 6.07) is 31.6. The number of carbonyl (C=O) groups is 1. The Kier molecular flexibility index (Phi) is 8.11. The molecular formula is C35H27FN2O4S. The maximum Gasteiger partial charge on any atom is 0.338 e. The molecule has 1 aliphatic rings. The third-order valence-corrected chi connectivity index (χ3v) is 7.99. The molecule has 0 saturated heterocycles. The average molecular weight is 591 g/mol. The van der Waals surface area contributed by atoms with Crippen LogP contribution in [0.5, 0.6) is 5.75 Å². The third kappa shape index (κ3) is 5.82. The normalized spacial score (nSPS) is 14.7. The van der Waals surface area contributed by atoms with Crippen LogP contribution in [0.4, 0.5) is 4.39 Å². The van der Waals surface area contributed by atoms with Crippen LogP contribution in [-0.2, 0) is 16.1 Å². The molecular weight excluding hydrogens is 563 g/mol. The first-order valence-corrected chi connectivity index (χ1v) is 14.6. The Morgan fingerprint density at radius 2 is 1.60 bits per heavy atom. The van der Waals surface area contributed by atoms with E-state index in [-0.39, 0.29) is 17.7 Å². The van der Waals surface area contributed by atoms with Gasteiger partial charge in [0, 0.05) is 11.1 Å². The number of carbonyl (C=O) groups excluding carboxylic acids is 1. The fourth-order valence-corrected chi connectivity index (χ4v) is 6.00. The Labute approximate surface area is 251 Å². The molecule has 5 aromatic rings. The number of halogens is 1. The Morgan fingerprint density at radius 3 is 2.33 bits per heavy atom. The second kappa shape index (κ2) is 12.4. The van der Waals surface area contributed by atoms with Gasteiger partial charge in [0.2, 0.25) is 0 Å². The molecule has 4 aromatic carbocycles. The number of rotatable bonds is 8. The van der Waals surface area contributed by atoms with Gasteiger partial charge in [0.1, 0.15) is 18.2 Å². The minimum Gasteiger partial charge on any atom is -0.488 e. The van der Waals surface area contributed by atoms with Gasteiger partial charge in [-0.25, -0.2) is 14.2 Å². The van der Waals surface area contributed by atoms with Crippen molar-refractivity contribution in [3.05, 3.63) is 163 Å². The van der Waals surface area contributed by atoms with Gasteiger partial charge in [0.25, 0.3) is 5.56 Å². The Morgan fingerprint density at radius 1 is 0.930 bits per heavy atom. The van der Waals surface area contributed by atoms with E-state index < -0.39 is 17.8 Å². The molecule has 0 spiro atoms. The van der Waals surface area contributed by atoms with Crippen LogP contribution in [0.3, 0.4) is 0 Å². The molecule has 214 valence electrons. The van der Waals surface area contributed by atoms with E-state index in [0.29, 0.717) is 38.5 Å². The first-order chi connectivity index (χ1) is 21.0. The van der Waals surface area contributed by atoms with Crippen LogP contribution in [0, 0.1) is 5.82 Å². The maximum atomic E-state index is 14.1.